The number of hydrogen-bond acceptors (Lipinski definition) is 1. The Hall–Kier alpha value is -6.18. The SMILES string of the molecule is c1ccc(-c2ccc(N(c3ccc(CC4c5ccccc5-c5cccc6cccc4c56)cc3)c3ccc(-c4ccccc4)cc3)cc2)cc1. The Labute approximate surface area is 288 Å². The summed E-state index contributed by atoms with van der Waals surface area (Å²) in [5, 5.41) is 2.71. The lowest BCUT2D eigenvalue weighted by Gasteiger charge is -2.29. The van der Waals surface area contributed by atoms with Crippen molar-refractivity contribution >= 4 is 27.8 Å². The summed E-state index contributed by atoms with van der Waals surface area (Å²) >= 11 is 0. The molecule has 232 valence electrons. The van der Waals surface area contributed by atoms with Gasteiger partial charge in [-0.2, -0.15) is 0 Å². The molecule has 0 aliphatic heterocycles. The van der Waals surface area contributed by atoms with Crippen molar-refractivity contribution in [1.29, 1.82) is 0 Å². The third kappa shape index (κ3) is 5.40. The van der Waals surface area contributed by atoms with Gasteiger partial charge >= 0.3 is 0 Å². The van der Waals surface area contributed by atoms with Crippen LogP contribution in [0.1, 0.15) is 22.6 Å². The van der Waals surface area contributed by atoms with Crippen molar-refractivity contribution in [2.24, 2.45) is 0 Å². The molecule has 0 saturated carbocycles. The van der Waals surface area contributed by atoms with Gasteiger partial charge in [0.15, 0.2) is 0 Å². The van der Waals surface area contributed by atoms with E-state index in [0.717, 1.165) is 23.5 Å². The molecule has 0 heterocycles. The molecule has 1 nitrogen and oxygen atoms in total. The van der Waals surface area contributed by atoms with Crippen molar-refractivity contribution < 1.29 is 0 Å². The van der Waals surface area contributed by atoms with Crippen LogP contribution in [0.25, 0.3) is 44.2 Å². The second-order valence-electron chi connectivity index (χ2n) is 12.9. The number of anilines is 3. The molecule has 0 bridgehead atoms. The van der Waals surface area contributed by atoms with E-state index in [1.54, 1.807) is 0 Å². The van der Waals surface area contributed by atoms with Crippen LogP contribution < -0.4 is 4.90 Å². The minimum Gasteiger partial charge on any atom is -0.311 e. The summed E-state index contributed by atoms with van der Waals surface area (Å²) in [7, 11) is 0. The average molecular weight is 626 g/mol. The van der Waals surface area contributed by atoms with Gasteiger partial charge in [0.25, 0.3) is 0 Å². The fourth-order valence-corrected chi connectivity index (χ4v) is 7.65. The molecule has 1 unspecified atom stereocenters. The lowest BCUT2D eigenvalue weighted by atomic mass is 9.74. The molecule has 0 fully saturated rings. The van der Waals surface area contributed by atoms with Crippen LogP contribution in [0, 0.1) is 0 Å². The lowest BCUT2D eigenvalue weighted by molar-refractivity contribution is 0.809. The van der Waals surface area contributed by atoms with E-state index < -0.39 is 0 Å². The van der Waals surface area contributed by atoms with Crippen LogP contribution in [0.15, 0.2) is 194 Å². The second-order valence-corrected chi connectivity index (χ2v) is 12.9. The Kier molecular flexibility index (Phi) is 7.37. The molecule has 1 atom stereocenters. The van der Waals surface area contributed by atoms with Gasteiger partial charge in [-0.1, -0.05) is 158 Å². The molecule has 0 amide bonds. The number of rotatable bonds is 7. The van der Waals surface area contributed by atoms with Gasteiger partial charge in [0.05, 0.1) is 0 Å². The van der Waals surface area contributed by atoms with Crippen LogP contribution in [-0.4, -0.2) is 0 Å². The number of fused-ring (bicyclic) bond motifs is 2. The summed E-state index contributed by atoms with van der Waals surface area (Å²) < 4.78 is 0. The molecule has 8 aromatic rings. The highest BCUT2D eigenvalue weighted by molar-refractivity contribution is 6.02. The van der Waals surface area contributed by atoms with Gasteiger partial charge in [0.1, 0.15) is 0 Å². The fraction of sp³-hybridized carbons (Fsp3) is 0.0417. The minimum absolute atomic E-state index is 0.299. The highest BCUT2D eigenvalue weighted by Gasteiger charge is 2.27. The van der Waals surface area contributed by atoms with Crippen LogP contribution in [0.4, 0.5) is 17.1 Å². The molecule has 9 rings (SSSR count). The standard InChI is InChI=1S/C48H35N/c1-3-11-35(12-4-1)37-23-29-41(30-24-37)49(42-31-25-38(26-32-42)36-13-5-2-6-14-36)40-27-21-34(22-28-40)33-47-44-18-8-7-17-43(44)45-19-9-15-39-16-10-20-46(47)48(39)45/h1-32,47H,33H2. The molecule has 0 radical (unpaired) electrons. The Morgan fingerprint density at radius 1 is 0.347 bits per heavy atom. The number of nitrogens with zero attached hydrogens (tertiary/aromatic N) is 1. The molecule has 49 heavy (non-hydrogen) atoms. The van der Waals surface area contributed by atoms with E-state index in [2.05, 4.69) is 199 Å². The maximum atomic E-state index is 2.36. The van der Waals surface area contributed by atoms with E-state index in [1.165, 1.54) is 60.8 Å². The predicted molar refractivity (Wildman–Crippen MR) is 207 cm³/mol. The van der Waals surface area contributed by atoms with Gasteiger partial charge in [-0.05, 0) is 104 Å². The smallest absolute Gasteiger partial charge is 0.0462 e. The Morgan fingerprint density at radius 3 is 1.39 bits per heavy atom. The molecule has 0 saturated heterocycles. The molecule has 0 spiro atoms. The molecule has 0 aromatic heterocycles. The number of hydrogen-bond donors (Lipinski definition) is 0. The summed E-state index contributed by atoms with van der Waals surface area (Å²) in [6.45, 7) is 0. The van der Waals surface area contributed by atoms with Crippen molar-refractivity contribution in [1.82, 2.24) is 0 Å². The molecule has 1 heteroatoms. The third-order valence-corrected chi connectivity index (χ3v) is 10.0. The first-order chi connectivity index (χ1) is 24.3. The van der Waals surface area contributed by atoms with E-state index in [-0.39, 0.29) is 0 Å². The molecule has 0 N–H and O–H groups in total. The summed E-state index contributed by atoms with van der Waals surface area (Å²) in [6, 6.07) is 70.7. The quantitative estimate of drug-likeness (QED) is 0.170. The Bertz CT molecular complexity index is 2290. The molecule has 1 aliphatic rings. The van der Waals surface area contributed by atoms with Crippen molar-refractivity contribution in [3.63, 3.8) is 0 Å². The first-order valence-corrected chi connectivity index (χ1v) is 17.1. The summed E-state index contributed by atoms with van der Waals surface area (Å²) in [5.41, 5.74) is 15.1. The van der Waals surface area contributed by atoms with E-state index in [9.17, 15) is 0 Å². The zero-order valence-corrected chi connectivity index (χ0v) is 27.2. The van der Waals surface area contributed by atoms with Crippen molar-refractivity contribution in [3.05, 3.63) is 211 Å². The largest absolute Gasteiger partial charge is 0.311 e. The van der Waals surface area contributed by atoms with E-state index >= 15 is 0 Å². The Balaban J connectivity index is 1.08. The average Bonchev–Trinajstić information content (AvgIpc) is 3.18. The van der Waals surface area contributed by atoms with Gasteiger partial charge in [-0.25, -0.2) is 0 Å². The highest BCUT2D eigenvalue weighted by atomic mass is 15.1. The van der Waals surface area contributed by atoms with Gasteiger partial charge in [0, 0.05) is 23.0 Å². The fourth-order valence-electron chi connectivity index (χ4n) is 7.65. The maximum Gasteiger partial charge on any atom is 0.0462 e. The molecule has 8 aromatic carbocycles. The van der Waals surface area contributed by atoms with E-state index in [0.29, 0.717) is 5.92 Å². The zero-order valence-electron chi connectivity index (χ0n) is 27.2. The Morgan fingerprint density at radius 2 is 0.796 bits per heavy atom. The molecular formula is C48H35N. The highest BCUT2D eigenvalue weighted by Crippen LogP contribution is 2.46. The van der Waals surface area contributed by atoms with Crippen LogP contribution in [0.5, 0.6) is 0 Å². The normalized spacial score (nSPS) is 13.2. The van der Waals surface area contributed by atoms with Crippen LogP contribution in [0.2, 0.25) is 0 Å². The van der Waals surface area contributed by atoms with Gasteiger partial charge in [0.2, 0.25) is 0 Å². The van der Waals surface area contributed by atoms with Crippen molar-refractivity contribution in [2.45, 2.75) is 12.3 Å². The van der Waals surface area contributed by atoms with Gasteiger partial charge in [-0.15, -0.1) is 0 Å². The third-order valence-electron chi connectivity index (χ3n) is 10.0. The summed E-state index contributed by atoms with van der Waals surface area (Å²) in [4.78, 5) is 2.36. The van der Waals surface area contributed by atoms with Crippen molar-refractivity contribution in [3.8, 4) is 33.4 Å². The second kappa shape index (κ2) is 12.4. The summed E-state index contributed by atoms with van der Waals surface area (Å²) in [5.74, 6) is 0.299. The number of benzene rings is 8. The zero-order chi connectivity index (χ0) is 32.6. The lowest BCUT2D eigenvalue weighted by Crippen LogP contribution is -2.12. The first-order valence-electron chi connectivity index (χ1n) is 17.1. The van der Waals surface area contributed by atoms with Crippen LogP contribution >= 0.6 is 0 Å². The summed E-state index contributed by atoms with van der Waals surface area (Å²) in [6.07, 6.45) is 0.947. The molecular weight excluding hydrogens is 591 g/mol. The van der Waals surface area contributed by atoms with E-state index in [1.807, 2.05) is 0 Å². The van der Waals surface area contributed by atoms with Crippen LogP contribution in [-0.2, 0) is 6.42 Å². The topological polar surface area (TPSA) is 3.24 Å². The van der Waals surface area contributed by atoms with E-state index in [4.69, 9.17) is 0 Å². The monoisotopic (exact) mass is 625 g/mol. The molecule has 1 aliphatic carbocycles. The first kappa shape index (κ1) is 29.0. The van der Waals surface area contributed by atoms with Gasteiger partial charge < -0.3 is 4.90 Å². The van der Waals surface area contributed by atoms with Gasteiger partial charge in [-0.3, -0.25) is 0 Å². The predicted octanol–water partition coefficient (Wildman–Crippen LogP) is 13.0. The maximum absolute atomic E-state index is 2.36. The minimum atomic E-state index is 0.299. The van der Waals surface area contributed by atoms with Crippen molar-refractivity contribution in [2.75, 3.05) is 4.90 Å². The van der Waals surface area contributed by atoms with Crippen LogP contribution in [0.3, 0.4) is 0 Å².